The Hall–Kier alpha value is 0.250. The molecule has 15 heavy (non-hydrogen) atoms. The van der Waals surface area contributed by atoms with Crippen molar-refractivity contribution in [3.8, 4) is 0 Å². The van der Waals surface area contributed by atoms with Crippen LogP contribution < -0.4 is 0 Å². The first-order chi connectivity index (χ1) is 7.27. The van der Waals surface area contributed by atoms with E-state index in [4.69, 9.17) is 16.3 Å². The van der Waals surface area contributed by atoms with Gasteiger partial charge in [-0.3, -0.25) is 0 Å². The summed E-state index contributed by atoms with van der Waals surface area (Å²) in [4.78, 5) is 0. The highest BCUT2D eigenvalue weighted by molar-refractivity contribution is 6.20. The van der Waals surface area contributed by atoms with Gasteiger partial charge in [-0.2, -0.15) is 0 Å². The Kier molecular flexibility index (Phi) is 6.67. The Morgan fingerprint density at radius 1 is 1.20 bits per heavy atom. The molecular formula is C13H25ClO. The molecule has 2 heteroatoms. The summed E-state index contributed by atoms with van der Waals surface area (Å²) in [6.45, 7) is 6.25. The van der Waals surface area contributed by atoms with Crippen LogP contribution in [0.25, 0.3) is 0 Å². The first-order valence-electron chi connectivity index (χ1n) is 6.49. The Balaban J connectivity index is 2.19. The van der Waals surface area contributed by atoms with Crippen LogP contribution in [0.5, 0.6) is 0 Å². The number of hydrogen-bond donors (Lipinski definition) is 0. The second-order valence-electron chi connectivity index (χ2n) is 4.76. The lowest BCUT2D eigenvalue weighted by molar-refractivity contribution is 0.109. The summed E-state index contributed by atoms with van der Waals surface area (Å²) in [5, 5.41) is 0.401. The smallest absolute Gasteiger partial charge is 0.0469 e. The maximum atomic E-state index is 6.36. The predicted octanol–water partition coefficient (Wildman–Crippen LogP) is 4.24. The second kappa shape index (κ2) is 7.51. The molecule has 1 saturated carbocycles. The van der Waals surface area contributed by atoms with E-state index in [-0.39, 0.29) is 0 Å². The van der Waals surface area contributed by atoms with Crippen LogP contribution in [0.4, 0.5) is 0 Å². The van der Waals surface area contributed by atoms with E-state index in [1.165, 1.54) is 25.7 Å². The highest BCUT2D eigenvalue weighted by Gasteiger charge is 2.27. The Morgan fingerprint density at radius 2 is 2.00 bits per heavy atom. The second-order valence-corrected chi connectivity index (χ2v) is 5.33. The van der Waals surface area contributed by atoms with Gasteiger partial charge in [0.15, 0.2) is 0 Å². The fraction of sp³-hybridized carbons (Fsp3) is 1.00. The minimum Gasteiger partial charge on any atom is -0.381 e. The zero-order valence-corrected chi connectivity index (χ0v) is 10.9. The molecule has 0 heterocycles. The SMILES string of the molecule is CCCOCCC1CC(CC)CCC1Cl. The molecule has 90 valence electrons. The molecule has 1 fully saturated rings. The van der Waals surface area contributed by atoms with Crippen LogP contribution >= 0.6 is 11.6 Å². The van der Waals surface area contributed by atoms with Gasteiger partial charge < -0.3 is 4.74 Å². The molecule has 0 spiro atoms. The zero-order chi connectivity index (χ0) is 11.1. The zero-order valence-electron chi connectivity index (χ0n) is 10.2. The molecular weight excluding hydrogens is 208 g/mol. The van der Waals surface area contributed by atoms with Crippen LogP contribution in [0, 0.1) is 11.8 Å². The van der Waals surface area contributed by atoms with Gasteiger partial charge in [0.05, 0.1) is 0 Å². The molecule has 0 aromatic rings. The Labute approximate surface area is 99.5 Å². The molecule has 1 nitrogen and oxygen atoms in total. The van der Waals surface area contributed by atoms with Crippen molar-refractivity contribution in [1.29, 1.82) is 0 Å². The van der Waals surface area contributed by atoms with Crippen molar-refractivity contribution in [3.63, 3.8) is 0 Å². The minimum absolute atomic E-state index is 0.401. The molecule has 0 aliphatic heterocycles. The first-order valence-corrected chi connectivity index (χ1v) is 6.93. The fourth-order valence-electron chi connectivity index (χ4n) is 2.47. The third-order valence-corrected chi connectivity index (χ3v) is 4.13. The summed E-state index contributed by atoms with van der Waals surface area (Å²) in [7, 11) is 0. The van der Waals surface area contributed by atoms with E-state index in [0.717, 1.165) is 32.0 Å². The lowest BCUT2D eigenvalue weighted by atomic mass is 9.78. The van der Waals surface area contributed by atoms with E-state index >= 15 is 0 Å². The van der Waals surface area contributed by atoms with Crippen molar-refractivity contribution in [2.45, 2.75) is 57.7 Å². The van der Waals surface area contributed by atoms with E-state index < -0.39 is 0 Å². The molecule has 3 unspecified atom stereocenters. The Morgan fingerprint density at radius 3 is 2.67 bits per heavy atom. The third kappa shape index (κ3) is 4.74. The van der Waals surface area contributed by atoms with E-state index in [0.29, 0.717) is 11.3 Å². The van der Waals surface area contributed by atoms with Gasteiger partial charge in [0.25, 0.3) is 0 Å². The van der Waals surface area contributed by atoms with E-state index in [9.17, 15) is 0 Å². The number of alkyl halides is 1. The first kappa shape index (κ1) is 13.3. The third-order valence-electron chi connectivity index (χ3n) is 3.56. The van der Waals surface area contributed by atoms with E-state index in [2.05, 4.69) is 13.8 Å². The molecule has 0 radical (unpaired) electrons. The average Bonchev–Trinajstić information content (AvgIpc) is 2.26. The summed E-state index contributed by atoms with van der Waals surface area (Å²) < 4.78 is 5.54. The maximum absolute atomic E-state index is 6.36. The summed E-state index contributed by atoms with van der Waals surface area (Å²) in [5.41, 5.74) is 0. The van der Waals surface area contributed by atoms with Crippen LogP contribution in [0.1, 0.15) is 52.4 Å². The van der Waals surface area contributed by atoms with Gasteiger partial charge in [0, 0.05) is 18.6 Å². The molecule has 3 atom stereocenters. The lowest BCUT2D eigenvalue weighted by Crippen LogP contribution is -2.26. The monoisotopic (exact) mass is 232 g/mol. The normalized spacial score (nSPS) is 31.8. The molecule has 0 saturated heterocycles. The molecule has 0 amide bonds. The Bertz CT molecular complexity index is 161. The average molecular weight is 233 g/mol. The van der Waals surface area contributed by atoms with Gasteiger partial charge >= 0.3 is 0 Å². The highest BCUT2D eigenvalue weighted by Crippen LogP contribution is 2.36. The van der Waals surface area contributed by atoms with Crippen molar-refractivity contribution < 1.29 is 4.74 Å². The summed E-state index contributed by atoms with van der Waals surface area (Å²) >= 11 is 6.36. The number of ether oxygens (including phenoxy) is 1. The standard InChI is InChI=1S/C13H25ClO/c1-3-8-15-9-7-12-10-11(4-2)5-6-13(12)14/h11-13H,3-10H2,1-2H3. The number of rotatable bonds is 6. The summed E-state index contributed by atoms with van der Waals surface area (Å²) in [6.07, 6.45) is 7.45. The number of halogens is 1. The molecule has 1 aliphatic rings. The van der Waals surface area contributed by atoms with E-state index in [1.807, 2.05) is 0 Å². The topological polar surface area (TPSA) is 9.23 Å². The van der Waals surface area contributed by atoms with Crippen LogP contribution in [0.2, 0.25) is 0 Å². The minimum atomic E-state index is 0.401. The molecule has 0 bridgehead atoms. The van der Waals surface area contributed by atoms with Gasteiger partial charge in [-0.15, -0.1) is 11.6 Å². The van der Waals surface area contributed by atoms with Gasteiger partial charge in [-0.25, -0.2) is 0 Å². The van der Waals surface area contributed by atoms with E-state index in [1.54, 1.807) is 0 Å². The van der Waals surface area contributed by atoms with Crippen molar-refractivity contribution in [3.05, 3.63) is 0 Å². The van der Waals surface area contributed by atoms with Crippen molar-refractivity contribution >= 4 is 11.6 Å². The molecule has 0 aromatic heterocycles. The van der Waals surface area contributed by atoms with Crippen molar-refractivity contribution in [2.24, 2.45) is 11.8 Å². The lowest BCUT2D eigenvalue weighted by Gasteiger charge is -2.32. The van der Waals surface area contributed by atoms with Gasteiger partial charge in [0.1, 0.15) is 0 Å². The van der Waals surface area contributed by atoms with Gasteiger partial charge in [-0.1, -0.05) is 20.3 Å². The van der Waals surface area contributed by atoms with Crippen LogP contribution in [0.15, 0.2) is 0 Å². The number of hydrogen-bond acceptors (Lipinski definition) is 1. The quantitative estimate of drug-likeness (QED) is 0.492. The van der Waals surface area contributed by atoms with Crippen molar-refractivity contribution in [2.75, 3.05) is 13.2 Å². The van der Waals surface area contributed by atoms with Gasteiger partial charge in [0.2, 0.25) is 0 Å². The predicted molar refractivity (Wildman–Crippen MR) is 66.5 cm³/mol. The summed E-state index contributed by atoms with van der Waals surface area (Å²) in [6, 6.07) is 0. The van der Waals surface area contributed by atoms with Crippen molar-refractivity contribution in [1.82, 2.24) is 0 Å². The van der Waals surface area contributed by atoms with Crippen LogP contribution in [0.3, 0.4) is 0 Å². The highest BCUT2D eigenvalue weighted by atomic mass is 35.5. The van der Waals surface area contributed by atoms with Crippen LogP contribution in [-0.2, 0) is 4.74 Å². The molecule has 1 aliphatic carbocycles. The summed E-state index contributed by atoms with van der Waals surface area (Å²) in [5.74, 6) is 1.61. The molecule has 0 N–H and O–H groups in total. The largest absolute Gasteiger partial charge is 0.381 e. The molecule has 0 aromatic carbocycles. The van der Waals surface area contributed by atoms with Crippen LogP contribution in [-0.4, -0.2) is 18.6 Å². The molecule has 1 rings (SSSR count). The maximum Gasteiger partial charge on any atom is 0.0469 e. The fourth-order valence-corrected chi connectivity index (χ4v) is 2.83. The van der Waals surface area contributed by atoms with Gasteiger partial charge in [-0.05, 0) is 43.9 Å².